The van der Waals surface area contributed by atoms with E-state index in [2.05, 4.69) is 9.40 Å². The number of halogens is 3. The number of carbonyl (C=O) groups is 2. The number of rotatable bonds is 3. The molecule has 0 saturated heterocycles. The quantitative estimate of drug-likeness (QED) is 0.845. The molecule has 1 heterocycles. The van der Waals surface area contributed by atoms with Crippen LogP contribution >= 0.6 is 11.6 Å². The molecule has 0 saturated carbocycles. The van der Waals surface area contributed by atoms with E-state index in [0.29, 0.717) is 12.1 Å². The first kappa shape index (κ1) is 13.9. The molecule has 0 spiro atoms. The zero-order valence-corrected chi connectivity index (χ0v) is 10.1. The predicted octanol–water partition coefficient (Wildman–Crippen LogP) is 2.67. The molecule has 0 radical (unpaired) electrons. The summed E-state index contributed by atoms with van der Waals surface area (Å²) in [6.45, 7) is 0. The molecule has 0 aliphatic carbocycles. The Kier molecular flexibility index (Phi) is 3.41. The van der Waals surface area contributed by atoms with Crippen molar-refractivity contribution in [2.24, 2.45) is 0 Å². The van der Waals surface area contributed by atoms with E-state index in [1.54, 1.807) is 0 Å². The second-order valence-electron chi connectivity index (χ2n) is 3.55. The molecule has 0 atom stereocenters. The Bertz CT molecular complexity index is 696. The summed E-state index contributed by atoms with van der Waals surface area (Å²) in [7, 11) is 0. The van der Waals surface area contributed by atoms with Crippen LogP contribution in [0.1, 0.15) is 21.0 Å². The summed E-state index contributed by atoms with van der Waals surface area (Å²) in [6, 6.07) is 1.26. The standard InChI is InChI=1S/C11H4ClF2NO5/c12-4-2-5(13)3(1-6(4)14)9-15-7(10(16)17)8(20-9)11(18)19/h1-2H,(H,16,17)(H,18,19). The van der Waals surface area contributed by atoms with E-state index in [4.69, 9.17) is 21.8 Å². The molecule has 0 aliphatic rings. The van der Waals surface area contributed by atoms with Gasteiger partial charge in [-0.25, -0.2) is 23.4 Å². The number of hydrogen-bond acceptors (Lipinski definition) is 4. The molecule has 2 N–H and O–H groups in total. The molecule has 2 aromatic rings. The topological polar surface area (TPSA) is 101 Å². The summed E-state index contributed by atoms with van der Waals surface area (Å²) < 4.78 is 31.5. The lowest BCUT2D eigenvalue weighted by molar-refractivity contribution is 0.0624. The maximum absolute atomic E-state index is 13.6. The van der Waals surface area contributed by atoms with Gasteiger partial charge in [-0.05, 0) is 12.1 Å². The highest BCUT2D eigenvalue weighted by Gasteiger charge is 2.27. The van der Waals surface area contributed by atoms with Crippen molar-refractivity contribution in [1.82, 2.24) is 4.98 Å². The van der Waals surface area contributed by atoms with Crippen LogP contribution in [0.2, 0.25) is 5.02 Å². The lowest BCUT2D eigenvalue weighted by Crippen LogP contribution is -2.05. The fourth-order valence-electron chi connectivity index (χ4n) is 1.41. The van der Waals surface area contributed by atoms with E-state index in [0.717, 1.165) is 0 Å². The maximum Gasteiger partial charge on any atom is 0.374 e. The van der Waals surface area contributed by atoms with Crippen LogP contribution in [-0.2, 0) is 0 Å². The van der Waals surface area contributed by atoms with Crippen LogP contribution in [0.5, 0.6) is 0 Å². The first-order valence-electron chi connectivity index (χ1n) is 4.93. The minimum absolute atomic E-state index is 0.491. The normalized spacial score (nSPS) is 10.6. The Balaban J connectivity index is 2.65. The number of carboxylic acids is 2. The summed E-state index contributed by atoms with van der Waals surface area (Å²) in [5.41, 5.74) is -1.45. The second-order valence-corrected chi connectivity index (χ2v) is 3.96. The molecule has 0 amide bonds. The van der Waals surface area contributed by atoms with Crippen LogP contribution in [0, 0.1) is 11.6 Å². The van der Waals surface area contributed by atoms with E-state index in [9.17, 15) is 18.4 Å². The number of aromatic nitrogens is 1. The lowest BCUT2D eigenvalue weighted by atomic mass is 10.2. The van der Waals surface area contributed by atoms with Gasteiger partial charge in [0.2, 0.25) is 17.3 Å². The van der Waals surface area contributed by atoms with Crippen LogP contribution < -0.4 is 0 Å². The Labute approximate surface area is 114 Å². The zero-order valence-electron chi connectivity index (χ0n) is 9.35. The molecule has 0 bridgehead atoms. The van der Waals surface area contributed by atoms with Crippen LogP contribution in [0.4, 0.5) is 8.78 Å². The summed E-state index contributed by atoms with van der Waals surface area (Å²) in [4.78, 5) is 24.9. The fourth-order valence-corrected chi connectivity index (χ4v) is 1.56. The highest BCUT2D eigenvalue weighted by molar-refractivity contribution is 6.30. The van der Waals surface area contributed by atoms with Crippen molar-refractivity contribution >= 4 is 23.5 Å². The van der Waals surface area contributed by atoms with Crippen molar-refractivity contribution in [2.45, 2.75) is 0 Å². The molecule has 0 fully saturated rings. The molecule has 0 unspecified atom stereocenters. The van der Waals surface area contributed by atoms with E-state index in [1.165, 1.54) is 0 Å². The van der Waals surface area contributed by atoms with Gasteiger partial charge >= 0.3 is 11.9 Å². The van der Waals surface area contributed by atoms with E-state index < -0.39 is 51.5 Å². The summed E-state index contributed by atoms with van der Waals surface area (Å²) >= 11 is 5.36. The SMILES string of the molecule is O=C(O)c1nc(-c2cc(F)c(Cl)cc2F)oc1C(=O)O. The summed E-state index contributed by atoms with van der Waals surface area (Å²) in [5, 5.41) is 17.0. The van der Waals surface area contributed by atoms with Gasteiger partial charge in [-0.3, -0.25) is 0 Å². The predicted molar refractivity (Wildman–Crippen MR) is 60.8 cm³/mol. The van der Waals surface area contributed by atoms with Gasteiger partial charge in [-0.2, -0.15) is 0 Å². The molecule has 104 valence electrons. The number of carboxylic acid groups (broad SMARTS) is 2. The van der Waals surface area contributed by atoms with Crippen molar-refractivity contribution in [3.8, 4) is 11.5 Å². The zero-order chi connectivity index (χ0) is 15.0. The Hall–Kier alpha value is -2.48. The summed E-state index contributed by atoms with van der Waals surface area (Å²) in [5.74, 6) is -7.06. The minimum Gasteiger partial charge on any atom is -0.476 e. The third kappa shape index (κ3) is 2.32. The molecule has 6 nitrogen and oxygen atoms in total. The highest BCUT2D eigenvalue weighted by Crippen LogP contribution is 2.28. The Morgan fingerprint density at radius 1 is 1.15 bits per heavy atom. The third-order valence-corrected chi connectivity index (χ3v) is 2.55. The summed E-state index contributed by atoms with van der Waals surface area (Å²) in [6.07, 6.45) is 0. The van der Waals surface area contributed by atoms with Crippen molar-refractivity contribution < 1.29 is 33.0 Å². The number of oxazole rings is 1. The van der Waals surface area contributed by atoms with Crippen LogP contribution in [0.25, 0.3) is 11.5 Å². The number of benzene rings is 1. The van der Waals surface area contributed by atoms with Crippen molar-refractivity contribution in [1.29, 1.82) is 0 Å². The molecule has 2 rings (SSSR count). The Morgan fingerprint density at radius 3 is 2.30 bits per heavy atom. The van der Waals surface area contributed by atoms with Crippen molar-refractivity contribution in [3.63, 3.8) is 0 Å². The molecular formula is C11H4ClF2NO5. The van der Waals surface area contributed by atoms with E-state index >= 15 is 0 Å². The average molecular weight is 304 g/mol. The highest BCUT2D eigenvalue weighted by atomic mass is 35.5. The molecular weight excluding hydrogens is 300 g/mol. The monoisotopic (exact) mass is 303 g/mol. The van der Waals surface area contributed by atoms with Gasteiger partial charge in [0, 0.05) is 0 Å². The number of nitrogens with zero attached hydrogens (tertiary/aromatic N) is 1. The smallest absolute Gasteiger partial charge is 0.374 e. The third-order valence-electron chi connectivity index (χ3n) is 2.26. The molecule has 1 aromatic heterocycles. The molecule has 0 aliphatic heterocycles. The van der Waals surface area contributed by atoms with Gasteiger partial charge in [-0.15, -0.1) is 0 Å². The van der Waals surface area contributed by atoms with Gasteiger partial charge in [-0.1, -0.05) is 11.6 Å². The van der Waals surface area contributed by atoms with Gasteiger partial charge in [0.05, 0.1) is 10.6 Å². The molecule has 20 heavy (non-hydrogen) atoms. The number of aromatic carboxylic acids is 2. The minimum atomic E-state index is -1.70. The van der Waals surface area contributed by atoms with Crippen LogP contribution in [0.3, 0.4) is 0 Å². The van der Waals surface area contributed by atoms with Crippen LogP contribution in [-0.4, -0.2) is 27.1 Å². The average Bonchev–Trinajstić information content (AvgIpc) is 2.78. The lowest BCUT2D eigenvalue weighted by Gasteiger charge is -2.00. The van der Waals surface area contributed by atoms with Gasteiger partial charge in [0.15, 0.2) is 0 Å². The largest absolute Gasteiger partial charge is 0.476 e. The van der Waals surface area contributed by atoms with Crippen molar-refractivity contribution in [2.75, 3.05) is 0 Å². The number of hydrogen-bond donors (Lipinski definition) is 2. The van der Waals surface area contributed by atoms with Gasteiger partial charge in [0.25, 0.3) is 0 Å². The van der Waals surface area contributed by atoms with E-state index in [-0.39, 0.29) is 0 Å². The van der Waals surface area contributed by atoms with E-state index in [1.807, 2.05) is 0 Å². The van der Waals surface area contributed by atoms with Gasteiger partial charge in [0.1, 0.15) is 11.6 Å². The Morgan fingerprint density at radius 2 is 1.80 bits per heavy atom. The molecule has 1 aromatic carbocycles. The molecule has 9 heteroatoms. The van der Waals surface area contributed by atoms with Crippen molar-refractivity contribution in [3.05, 3.63) is 40.2 Å². The first-order chi connectivity index (χ1) is 9.31. The maximum atomic E-state index is 13.6. The first-order valence-corrected chi connectivity index (χ1v) is 5.31. The second kappa shape index (κ2) is 4.89. The van der Waals surface area contributed by atoms with Crippen LogP contribution in [0.15, 0.2) is 16.5 Å². The fraction of sp³-hybridized carbons (Fsp3) is 0. The van der Waals surface area contributed by atoms with Gasteiger partial charge < -0.3 is 14.6 Å².